The predicted molar refractivity (Wildman–Crippen MR) is 76.8 cm³/mol. The van der Waals surface area contributed by atoms with Crippen molar-refractivity contribution in [2.75, 3.05) is 12.4 Å². The molecule has 0 aliphatic carbocycles. The fraction of sp³-hybridized carbons (Fsp3) is 0.154. The van der Waals surface area contributed by atoms with Gasteiger partial charge >= 0.3 is 5.97 Å². The number of thiophene rings is 1. The first-order valence-corrected chi connectivity index (χ1v) is 7.11. The van der Waals surface area contributed by atoms with E-state index in [9.17, 15) is 9.18 Å². The molecule has 0 bridgehead atoms. The van der Waals surface area contributed by atoms with Crippen molar-refractivity contribution in [2.45, 2.75) is 6.04 Å². The minimum absolute atomic E-state index is 0.320. The van der Waals surface area contributed by atoms with Crippen molar-refractivity contribution < 1.29 is 13.9 Å². The highest BCUT2D eigenvalue weighted by molar-refractivity contribution is 9.10. The molecule has 100 valence electrons. The van der Waals surface area contributed by atoms with Gasteiger partial charge in [-0.25, -0.2) is 9.18 Å². The summed E-state index contributed by atoms with van der Waals surface area (Å²) in [5.74, 6) is -0.710. The Morgan fingerprint density at radius 3 is 2.63 bits per heavy atom. The van der Waals surface area contributed by atoms with Crippen molar-refractivity contribution in [3.63, 3.8) is 0 Å². The first kappa shape index (κ1) is 14.0. The fourth-order valence-corrected chi connectivity index (χ4v) is 3.04. The first-order chi connectivity index (χ1) is 9.10. The number of halogens is 2. The summed E-state index contributed by atoms with van der Waals surface area (Å²) in [5, 5.41) is 4.92. The zero-order valence-corrected chi connectivity index (χ0v) is 12.4. The van der Waals surface area contributed by atoms with E-state index in [0.29, 0.717) is 5.69 Å². The lowest BCUT2D eigenvalue weighted by Crippen LogP contribution is -2.21. The van der Waals surface area contributed by atoms with Crippen LogP contribution in [-0.2, 0) is 9.53 Å². The van der Waals surface area contributed by atoms with E-state index in [1.807, 2.05) is 11.4 Å². The molecule has 1 heterocycles. The number of ether oxygens (including phenoxy) is 1. The van der Waals surface area contributed by atoms with Crippen LogP contribution in [0.2, 0.25) is 0 Å². The lowest BCUT2D eigenvalue weighted by atomic mass is 10.2. The van der Waals surface area contributed by atoms with Crippen LogP contribution in [0.1, 0.15) is 10.9 Å². The van der Waals surface area contributed by atoms with Crippen molar-refractivity contribution in [3.05, 3.63) is 50.9 Å². The molecule has 1 aromatic heterocycles. The Bertz CT molecular complexity index is 570. The van der Waals surface area contributed by atoms with E-state index in [2.05, 4.69) is 21.2 Å². The van der Waals surface area contributed by atoms with Gasteiger partial charge in [-0.2, -0.15) is 0 Å². The third-order valence-corrected chi connectivity index (χ3v) is 4.22. The number of hydrogen-bond acceptors (Lipinski definition) is 4. The number of anilines is 1. The zero-order chi connectivity index (χ0) is 13.8. The number of rotatable bonds is 4. The number of nitrogens with one attached hydrogen (secondary N) is 1. The maximum absolute atomic E-state index is 12.9. The summed E-state index contributed by atoms with van der Waals surface area (Å²) in [5.41, 5.74) is 0.654. The second-order valence-electron chi connectivity index (χ2n) is 3.77. The van der Waals surface area contributed by atoms with Crippen LogP contribution in [0.15, 0.2) is 40.2 Å². The van der Waals surface area contributed by atoms with E-state index in [0.717, 1.165) is 9.35 Å². The molecule has 2 aromatic rings. The number of methoxy groups -OCH3 is 1. The summed E-state index contributed by atoms with van der Waals surface area (Å²) in [6.45, 7) is 0. The molecule has 0 amide bonds. The van der Waals surface area contributed by atoms with E-state index in [1.54, 1.807) is 12.1 Å². The molecule has 1 unspecified atom stereocenters. The molecule has 1 aromatic carbocycles. The van der Waals surface area contributed by atoms with Gasteiger partial charge < -0.3 is 10.1 Å². The van der Waals surface area contributed by atoms with Crippen LogP contribution in [0, 0.1) is 5.82 Å². The number of carbonyl (C=O) groups is 1. The molecule has 0 aliphatic rings. The van der Waals surface area contributed by atoms with Crippen LogP contribution < -0.4 is 5.32 Å². The number of hydrogen-bond donors (Lipinski definition) is 1. The van der Waals surface area contributed by atoms with E-state index in [1.165, 1.54) is 30.6 Å². The van der Waals surface area contributed by atoms with Crippen molar-refractivity contribution >= 4 is 38.9 Å². The third kappa shape index (κ3) is 3.54. The van der Waals surface area contributed by atoms with Crippen molar-refractivity contribution in [2.24, 2.45) is 0 Å². The molecule has 0 aliphatic heterocycles. The molecule has 1 N–H and O–H groups in total. The fourth-order valence-electron chi connectivity index (χ4n) is 1.56. The summed E-state index contributed by atoms with van der Waals surface area (Å²) in [4.78, 5) is 12.6. The second-order valence-corrected chi connectivity index (χ2v) is 5.63. The van der Waals surface area contributed by atoms with E-state index in [4.69, 9.17) is 4.74 Å². The van der Waals surface area contributed by atoms with Crippen LogP contribution in [0.5, 0.6) is 0 Å². The van der Waals surface area contributed by atoms with Crippen LogP contribution in [0.3, 0.4) is 0 Å². The van der Waals surface area contributed by atoms with E-state index < -0.39 is 12.0 Å². The zero-order valence-electron chi connectivity index (χ0n) is 10.0. The van der Waals surface area contributed by atoms with Crippen LogP contribution in [0.25, 0.3) is 0 Å². The number of benzene rings is 1. The first-order valence-electron chi connectivity index (χ1n) is 5.44. The van der Waals surface area contributed by atoms with Crippen molar-refractivity contribution in [1.82, 2.24) is 0 Å². The highest BCUT2D eigenvalue weighted by atomic mass is 79.9. The lowest BCUT2D eigenvalue weighted by molar-refractivity contribution is -0.141. The van der Waals surface area contributed by atoms with E-state index >= 15 is 0 Å². The van der Waals surface area contributed by atoms with Crippen LogP contribution >= 0.6 is 27.3 Å². The molecule has 0 fully saturated rings. The standard InChI is InChI=1S/C13H11BrFNO2S/c1-18-13(17)12(11-6-8(14)7-19-11)16-10-4-2-9(15)3-5-10/h2-7,12,16H,1H3. The quantitative estimate of drug-likeness (QED) is 0.853. The summed E-state index contributed by atoms with van der Waals surface area (Å²) in [6, 6.07) is 7.07. The number of esters is 1. The monoisotopic (exact) mass is 343 g/mol. The Morgan fingerprint density at radius 2 is 2.11 bits per heavy atom. The average Bonchev–Trinajstić information content (AvgIpc) is 2.83. The summed E-state index contributed by atoms with van der Waals surface area (Å²) >= 11 is 4.79. The van der Waals surface area contributed by atoms with Crippen LogP contribution in [-0.4, -0.2) is 13.1 Å². The average molecular weight is 344 g/mol. The van der Waals surface area contributed by atoms with Crippen LogP contribution in [0.4, 0.5) is 10.1 Å². The van der Waals surface area contributed by atoms with Gasteiger partial charge in [-0.15, -0.1) is 11.3 Å². The Kier molecular flexibility index (Phi) is 4.55. The summed E-state index contributed by atoms with van der Waals surface area (Å²) in [7, 11) is 1.34. The smallest absolute Gasteiger partial charge is 0.333 e. The minimum atomic E-state index is -0.605. The molecule has 0 saturated heterocycles. The van der Waals surface area contributed by atoms with Gasteiger partial charge in [0, 0.05) is 20.4 Å². The highest BCUT2D eigenvalue weighted by Gasteiger charge is 2.23. The Hall–Kier alpha value is -1.40. The second kappa shape index (κ2) is 6.16. The largest absolute Gasteiger partial charge is 0.467 e. The SMILES string of the molecule is COC(=O)C(Nc1ccc(F)cc1)c1cc(Br)cs1. The van der Waals surface area contributed by atoms with Gasteiger partial charge in [-0.3, -0.25) is 0 Å². The molecule has 2 rings (SSSR count). The Morgan fingerprint density at radius 1 is 1.42 bits per heavy atom. The van der Waals surface area contributed by atoms with Gasteiger partial charge in [0.05, 0.1) is 7.11 Å². The summed E-state index contributed by atoms with van der Waals surface area (Å²) < 4.78 is 18.5. The molecule has 0 spiro atoms. The highest BCUT2D eigenvalue weighted by Crippen LogP contribution is 2.29. The molecule has 3 nitrogen and oxygen atoms in total. The van der Waals surface area contributed by atoms with Gasteiger partial charge in [0.15, 0.2) is 6.04 Å². The van der Waals surface area contributed by atoms with Crippen molar-refractivity contribution in [3.8, 4) is 0 Å². The lowest BCUT2D eigenvalue weighted by Gasteiger charge is -2.16. The molecular weight excluding hydrogens is 333 g/mol. The Labute approximate surface area is 122 Å². The molecule has 0 radical (unpaired) electrons. The number of carbonyl (C=O) groups excluding carboxylic acids is 1. The maximum Gasteiger partial charge on any atom is 0.333 e. The van der Waals surface area contributed by atoms with E-state index in [-0.39, 0.29) is 5.82 Å². The van der Waals surface area contributed by atoms with Gasteiger partial charge in [0.1, 0.15) is 5.82 Å². The molecule has 1 atom stereocenters. The molecular formula is C13H11BrFNO2S. The van der Waals surface area contributed by atoms with Gasteiger partial charge in [-0.1, -0.05) is 0 Å². The van der Waals surface area contributed by atoms with Crippen molar-refractivity contribution in [1.29, 1.82) is 0 Å². The minimum Gasteiger partial charge on any atom is -0.467 e. The molecule has 0 saturated carbocycles. The van der Waals surface area contributed by atoms with Gasteiger partial charge in [-0.05, 0) is 46.3 Å². The van der Waals surface area contributed by atoms with Gasteiger partial charge in [0.25, 0.3) is 0 Å². The molecule has 6 heteroatoms. The predicted octanol–water partition coefficient (Wildman–Crippen LogP) is 3.98. The molecule has 19 heavy (non-hydrogen) atoms. The summed E-state index contributed by atoms with van der Waals surface area (Å²) in [6.07, 6.45) is 0. The Balaban J connectivity index is 2.23. The topological polar surface area (TPSA) is 38.3 Å². The van der Waals surface area contributed by atoms with Gasteiger partial charge in [0.2, 0.25) is 0 Å². The third-order valence-electron chi connectivity index (χ3n) is 2.46. The maximum atomic E-state index is 12.9. The normalized spacial score (nSPS) is 11.9.